The maximum atomic E-state index is 12.0. The third-order valence-corrected chi connectivity index (χ3v) is 2.78. The fraction of sp³-hybridized carbons (Fsp3) is 0.231. The smallest absolute Gasteiger partial charge is 0.358 e. The molecule has 1 heterocycles. The molecule has 20 heavy (non-hydrogen) atoms. The van der Waals surface area contributed by atoms with Crippen LogP contribution in [0.1, 0.15) is 16.1 Å². The highest BCUT2D eigenvalue weighted by Crippen LogP contribution is 2.22. The number of benzene rings is 1. The molecule has 2 rings (SSSR count). The van der Waals surface area contributed by atoms with Gasteiger partial charge in [0.15, 0.2) is 0 Å². The van der Waals surface area contributed by atoms with Gasteiger partial charge in [-0.3, -0.25) is 9.59 Å². The minimum absolute atomic E-state index is 0.0975. The number of hydrogen-bond donors (Lipinski definition) is 2. The first-order chi connectivity index (χ1) is 9.29. The summed E-state index contributed by atoms with van der Waals surface area (Å²) in [6.07, 6.45) is -4.55. The van der Waals surface area contributed by atoms with Gasteiger partial charge in [-0.05, 0) is 13.0 Å². The van der Waals surface area contributed by atoms with E-state index < -0.39 is 24.4 Å². The molecular formula is C13H11F3N2O2. The van der Waals surface area contributed by atoms with Crippen molar-refractivity contribution >= 4 is 22.6 Å². The zero-order valence-corrected chi connectivity index (χ0v) is 10.5. The lowest BCUT2D eigenvalue weighted by atomic mass is 10.1. The first kappa shape index (κ1) is 14.1. The maximum Gasteiger partial charge on any atom is 0.405 e. The summed E-state index contributed by atoms with van der Waals surface area (Å²) in [5.74, 6) is -2.25. The molecule has 0 radical (unpaired) electrons. The van der Waals surface area contributed by atoms with Crippen LogP contribution in [0.5, 0.6) is 0 Å². The van der Waals surface area contributed by atoms with Crippen LogP contribution in [0.3, 0.4) is 0 Å². The minimum atomic E-state index is -4.55. The summed E-state index contributed by atoms with van der Waals surface area (Å²) in [5.41, 5.74) is 1.19. The summed E-state index contributed by atoms with van der Waals surface area (Å²) in [6.45, 7) is 0.0588. The molecule has 106 valence electrons. The fourth-order valence-electron chi connectivity index (χ4n) is 1.94. The number of aromatic nitrogens is 1. The molecule has 0 unspecified atom stereocenters. The molecule has 0 spiro atoms. The van der Waals surface area contributed by atoms with Gasteiger partial charge in [-0.2, -0.15) is 13.2 Å². The van der Waals surface area contributed by atoms with Crippen molar-refractivity contribution in [3.8, 4) is 0 Å². The molecule has 1 amide bonds. The van der Waals surface area contributed by atoms with Crippen LogP contribution >= 0.6 is 0 Å². The van der Waals surface area contributed by atoms with Crippen LogP contribution in [0.15, 0.2) is 24.3 Å². The molecule has 0 aliphatic heterocycles. The molecule has 7 heteroatoms. The van der Waals surface area contributed by atoms with Crippen LogP contribution in [-0.2, 0) is 4.79 Å². The van der Waals surface area contributed by atoms with Crippen LogP contribution in [0, 0.1) is 6.92 Å². The molecule has 0 saturated carbocycles. The average Bonchev–Trinajstić information content (AvgIpc) is 2.70. The number of H-pyrrole nitrogens is 1. The lowest BCUT2D eigenvalue weighted by molar-refractivity contribution is -0.135. The van der Waals surface area contributed by atoms with Crippen LogP contribution in [0.2, 0.25) is 0 Å². The van der Waals surface area contributed by atoms with Gasteiger partial charge in [0, 0.05) is 16.6 Å². The number of halogens is 3. The number of alkyl halides is 3. The Bertz CT molecular complexity index is 674. The highest BCUT2D eigenvalue weighted by molar-refractivity contribution is 6.45. The van der Waals surface area contributed by atoms with Gasteiger partial charge < -0.3 is 10.3 Å². The van der Waals surface area contributed by atoms with Crippen LogP contribution in [-0.4, -0.2) is 29.4 Å². The Morgan fingerprint density at radius 3 is 2.55 bits per heavy atom. The van der Waals surface area contributed by atoms with E-state index in [0.29, 0.717) is 16.6 Å². The predicted octanol–water partition coefficient (Wildman–Crippen LogP) is 2.34. The van der Waals surface area contributed by atoms with E-state index in [4.69, 9.17) is 0 Å². The number of hydrogen-bond acceptors (Lipinski definition) is 2. The quantitative estimate of drug-likeness (QED) is 0.671. The Kier molecular flexibility index (Phi) is 3.52. The Labute approximate surface area is 112 Å². The largest absolute Gasteiger partial charge is 0.405 e. The number of Topliss-reactive ketones (excluding diaryl/α,β-unsaturated/α-hetero) is 1. The number of ketones is 1. The number of rotatable bonds is 3. The molecule has 1 aromatic heterocycles. The van der Waals surface area contributed by atoms with Crippen molar-refractivity contribution in [2.45, 2.75) is 13.1 Å². The molecule has 0 aliphatic rings. The Hall–Kier alpha value is -2.31. The van der Waals surface area contributed by atoms with Gasteiger partial charge in [0.05, 0.1) is 5.56 Å². The number of nitrogens with one attached hydrogen (secondary N) is 2. The molecular weight excluding hydrogens is 273 g/mol. The summed E-state index contributed by atoms with van der Waals surface area (Å²) in [6, 6.07) is 6.77. The summed E-state index contributed by atoms with van der Waals surface area (Å²) in [7, 11) is 0. The molecule has 0 fully saturated rings. The molecule has 4 nitrogen and oxygen atoms in total. The summed E-state index contributed by atoms with van der Waals surface area (Å²) in [4.78, 5) is 26.4. The summed E-state index contributed by atoms with van der Waals surface area (Å²) >= 11 is 0. The van der Waals surface area contributed by atoms with Gasteiger partial charge in [-0.1, -0.05) is 18.2 Å². The van der Waals surface area contributed by atoms with Crippen molar-refractivity contribution in [1.82, 2.24) is 10.3 Å². The zero-order valence-electron chi connectivity index (χ0n) is 10.5. The lowest BCUT2D eigenvalue weighted by Crippen LogP contribution is -2.38. The van der Waals surface area contributed by atoms with Crippen LogP contribution in [0.4, 0.5) is 13.2 Å². The summed E-state index contributed by atoms with van der Waals surface area (Å²) in [5, 5.41) is 2.09. The van der Waals surface area contributed by atoms with E-state index in [-0.39, 0.29) is 5.56 Å². The molecule has 2 N–H and O–H groups in total. The van der Waals surface area contributed by atoms with Gasteiger partial charge in [0.2, 0.25) is 0 Å². The Balaban J connectivity index is 2.27. The van der Waals surface area contributed by atoms with Crippen molar-refractivity contribution in [2.75, 3.05) is 6.54 Å². The number of para-hydroxylation sites is 1. The van der Waals surface area contributed by atoms with Crippen LogP contribution in [0.25, 0.3) is 10.9 Å². The lowest BCUT2D eigenvalue weighted by Gasteiger charge is -2.07. The summed E-state index contributed by atoms with van der Waals surface area (Å²) < 4.78 is 36.1. The number of amides is 1. The third-order valence-electron chi connectivity index (χ3n) is 2.78. The molecule has 0 atom stereocenters. The van der Waals surface area contributed by atoms with Gasteiger partial charge in [-0.25, -0.2) is 0 Å². The topological polar surface area (TPSA) is 62.0 Å². The van der Waals surface area contributed by atoms with E-state index >= 15 is 0 Å². The standard InChI is InChI=1S/C13H11F3N2O2/c1-7-10(8-4-2-3-5-9(8)18-7)11(19)12(20)17-6-13(14,15)16/h2-5,18H,6H2,1H3,(H,17,20). The van der Waals surface area contributed by atoms with E-state index in [1.54, 1.807) is 36.5 Å². The number of carbonyl (C=O) groups excluding carboxylic acids is 2. The van der Waals surface area contributed by atoms with Crippen molar-refractivity contribution in [2.24, 2.45) is 0 Å². The first-order valence-electron chi connectivity index (χ1n) is 5.76. The highest BCUT2D eigenvalue weighted by Gasteiger charge is 2.30. The molecule has 0 bridgehead atoms. The van der Waals surface area contributed by atoms with Gasteiger partial charge in [0.1, 0.15) is 6.54 Å². The second-order valence-corrected chi connectivity index (χ2v) is 4.30. The van der Waals surface area contributed by atoms with Crippen molar-refractivity contribution in [3.05, 3.63) is 35.5 Å². The van der Waals surface area contributed by atoms with Gasteiger partial charge in [0.25, 0.3) is 11.7 Å². The number of fused-ring (bicyclic) bond motifs is 1. The third kappa shape index (κ3) is 2.81. The molecule has 0 saturated heterocycles. The first-order valence-corrected chi connectivity index (χ1v) is 5.76. The number of carbonyl (C=O) groups is 2. The van der Waals surface area contributed by atoms with E-state index in [0.717, 1.165) is 0 Å². The normalized spacial score (nSPS) is 11.6. The van der Waals surface area contributed by atoms with E-state index in [1.807, 2.05) is 0 Å². The monoisotopic (exact) mass is 284 g/mol. The van der Waals surface area contributed by atoms with E-state index in [2.05, 4.69) is 4.98 Å². The maximum absolute atomic E-state index is 12.0. The van der Waals surface area contributed by atoms with E-state index in [1.165, 1.54) is 0 Å². The van der Waals surface area contributed by atoms with Crippen molar-refractivity contribution < 1.29 is 22.8 Å². The fourth-order valence-corrected chi connectivity index (χ4v) is 1.94. The second-order valence-electron chi connectivity index (χ2n) is 4.30. The number of aryl methyl sites for hydroxylation is 1. The molecule has 1 aromatic carbocycles. The zero-order chi connectivity index (χ0) is 14.9. The second kappa shape index (κ2) is 4.99. The van der Waals surface area contributed by atoms with Crippen molar-refractivity contribution in [1.29, 1.82) is 0 Å². The molecule has 0 aliphatic carbocycles. The Morgan fingerprint density at radius 1 is 1.25 bits per heavy atom. The highest BCUT2D eigenvalue weighted by atomic mass is 19.4. The van der Waals surface area contributed by atoms with Gasteiger partial charge >= 0.3 is 6.18 Å². The Morgan fingerprint density at radius 2 is 1.90 bits per heavy atom. The van der Waals surface area contributed by atoms with Gasteiger partial charge in [-0.15, -0.1) is 0 Å². The van der Waals surface area contributed by atoms with Crippen LogP contribution < -0.4 is 5.32 Å². The van der Waals surface area contributed by atoms with E-state index in [9.17, 15) is 22.8 Å². The predicted molar refractivity (Wildman–Crippen MR) is 66.4 cm³/mol. The molecule has 2 aromatic rings. The SMILES string of the molecule is Cc1[nH]c2ccccc2c1C(=O)C(=O)NCC(F)(F)F. The van der Waals surface area contributed by atoms with Crippen molar-refractivity contribution in [3.63, 3.8) is 0 Å². The number of aromatic amines is 1. The minimum Gasteiger partial charge on any atom is -0.358 e. The average molecular weight is 284 g/mol.